The molecule has 0 atom stereocenters. The topological polar surface area (TPSA) is 60.7 Å². The third-order valence-electron chi connectivity index (χ3n) is 11.4. The SMILES string of the molecule is C=C/C(=C\C)Cc1cc(C2(c3cc(C/C(C=C)=C/C)c(O)c(C4CCCCC4)c3)CCCCC2)cc(C2CCCCC2)c1O.CC.CC.CCC.CO. The third-order valence-corrected chi connectivity index (χ3v) is 11.4. The smallest absolute Gasteiger partial charge is 0.122 e. The number of phenolic OH excluding ortho intramolecular Hbond substituents is 2. The second kappa shape index (κ2) is 26.7. The van der Waals surface area contributed by atoms with E-state index in [2.05, 4.69) is 77.3 Å². The van der Waals surface area contributed by atoms with Gasteiger partial charge in [0, 0.05) is 25.4 Å². The summed E-state index contributed by atoms with van der Waals surface area (Å²) in [5.41, 5.74) is 9.30. The standard InChI is InChI=1S/C42H56O2.C3H8.2C2H6.CH4O/c1-5-30(6-2)24-34-26-36(28-38(40(34)43)32-18-12-9-13-19-32)42(22-16-11-17-23-42)37-27-35(25-31(7-3)8-4)41(44)39(29-37)33-20-14-10-15-21-33;1-3-2;3*1-2/h5-8,26-29,32-33,43-44H,1,3,9-25H2,2,4H3;3H2,1-2H3;2*1-2H3;2H,1H3/b30-6+,31-8+;;;;. The van der Waals surface area contributed by atoms with Crippen LogP contribution in [0.5, 0.6) is 11.5 Å². The molecule has 0 radical (unpaired) electrons. The summed E-state index contributed by atoms with van der Waals surface area (Å²) in [5.74, 6) is 1.84. The van der Waals surface area contributed by atoms with Gasteiger partial charge in [-0.25, -0.2) is 0 Å². The fourth-order valence-corrected chi connectivity index (χ4v) is 8.63. The fraction of sp³-hybridized carbons (Fsp3) is 0.600. The third kappa shape index (κ3) is 13.0. The van der Waals surface area contributed by atoms with E-state index in [0.29, 0.717) is 36.2 Å². The first-order valence-corrected chi connectivity index (χ1v) is 21.6. The van der Waals surface area contributed by atoms with Gasteiger partial charge in [0.25, 0.3) is 0 Å². The Morgan fingerprint density at radius 1 is 0.604 bits per heavy atom. The van der Waals surface area contributed by atoms with Crippen LogP contribution in [0.2, 0.25) is 0 Å². The summed E-state index contributed by atoms with van der Waals surface area (Å²) in [6, 6.07) is 9.51. The number of hydrogen-bond donors (Lipinski definition) is 3. The zero-order valence-electron chi connectivity index (χ0n) is 35.8. The minimum Gasteiger partial charge on any atom is -0.507 e. The molecule has 3 aliphatic carbocycles. The molecular formula is C50H80O3. The van der Waals surface area contributed by atoms with Gasteiger partial charge >= 0.3 is 0 Å². The summed E-state index contributed by atoms with van der Waals surface area (Å²) in [7, 11) is 1.00. The number of aromatic hydroxyl groups is 2. The minimum atomic E-state index is -0.134. The highest BCUT2D eigenvalue weighted by Crippen LogP contribution is 2.51. The highest BCUT2D eigenvalue weighted by atomic mass is 16.3. The van der Waals surface area contributed by atoms with Crippen molar-refractivity contribution >= 4 is 0 Å². The lowest BCUT2D eigenvalue weighted by Crippen LogP contribution is -2.31. The Bertz CT molecular complexity index is 1290. The van der Waals surface area contributed by atoms with Crippen LogP contribution in [-0.2, 0) is 18.3 Å². The van der Waals surface area contributed by atoms with E-state index in [9.17, 15) is 10.2 Å². The van der Waals surface area contributed by atoms with Crippen LogP contribution >= 0.6 is 0 Å². The summed E-state index contributed by atoms with van der Waals surface area (Å²) < 4.78 is 0. The molecule has 0 unspecified atom stereocenters. The molecule has 0 heterocycles. The Hall–Kier alpha value is -3.04. The maximum Gasteiger partial charge on any atom is 0.122 e. The largest absolute Gasteiger partial charge is 0.507 e. The van der Waals surface area contributed by atoms with Crippen molar-refractivity contribution in [1.82, 2.24) is 0 Å². The van der Waals surface area contributed by atoms with E-state index in [1.807, 2.05) is 39.8 Å². The van der Waals surface area contributed by atoms with Crippen molar-refractivity contribution in [1.29, 1.82) is 0 Å². The van der Waals surface area contributed by atoms with Gasteiger partial charge in [-0.3, -0.25) is 0 Å². The van der Waals surface area contributed by atoms with E-state index in [1.54, 1.807) is 0 Å². The molecule has 0 bridgehead atoms. The molecule has 3 fully saturated rings. The van der Waals surface area contributed by atoms with Crippen molar-refractivity contribution < 1.29 is 15.3 Å². The Morgan fingerprint density at radius 2 is 0.925 bits per heavy atom. The number of phenols is 2. The average Bonchev–Trinajstić information content (AvgIpc) is 3.23. The van der Waals surface area contributed by atoms with Crippen LogP contribution in [0.1, 0.15) is 203 Å². The highest BCUT2D eigenvalue weighted by Gasteiger charge is 2.39. The molecule has 3 saturated carbocycles. The van der Waals surface area contributed by atoms with Crippen LogP contribution in [0.25, 0.3) is 0 Å². The molecule has 298 valence electrons. The Morgan fingerprint density at radius 3 is 1.23 bits per heavy atom. The van der Waals surface area contributed by atoms with Crippen molar-refractivity contribution in [3.63, 3.8) is 0 Å². The molecule has 0 amide bonds. The number of benzene rings is 2. The first-order chi connectivity index (χ1) is 25.8. The lowest BCUT2D eigenvalue weighted by Gasteiger charge is -2.41. The van der Waals surface area contributed by atoms with Crippen LogP contribution in [0, 0.1) is 0 Å². The molecule has 0 aromatic heterocycles. The van der Waals surface area contributed by atoms with Gasteiger partial charge in [-0.05, 0) is 109 Å². The molecule has 2 aromatic rings. The van der Waals surface area contributed by atoms with E-state index in [4.69, 9.17) is 5.11 Å². The maximum absolute atomic E-state index is 11.8. The first kappa shape index (κ1) is 48.0. The number of hydrogen-bond acceptors (Lipinski definition) is 3. The Labute approximate surface area is 327 Å². The first-order valence-electron chi connectivity index (χ1n) is 21.6. The monoisotopic (exact) mass is 729 g/mol. The van der Waals surface area contributed by atoms with Crippen LogP contribution < -0.4 is 0 Å². The van der Waals surface area contributed by atoms with Crippen molar-refractivity contribution in [2.45, 2.75) is 188 Å². The van der Waals surface area contributed by atoms with Crippen molar-refractivity contribution in [3.8, 4) is 11.5 Å². The van der Waals surface area contributed by atoms with Gasteiger partial charge < -0.3 is 15.3 Å². The van der Waals surface area contributed by atoms with E-state index in [0.717, 1.165) is 79.0 Å². The molecule has 0 saturated heterocycles. The van der Waals surface area contributed by atoms with Crippen molar-refractivity contribution in [2.24, 2.45) is 0 Å². The molecule has 5 rings (SSSR count). The highest BCUT2D eigenvalue weighted by molar-refractivity contribution is 5.56. The zero-order chi connectivity index (χ0) is 39.8. The quantitative estimate of drug-likeness (QED) is 0.213. The van der Waals surface area contributed by atoms with Gasteiger partial charge in [-0.1, -0.05) is 167 Å². The summed E-state index contributed by atoms with van der Waals surface area (Å²) in [5, 5.41) is 30.6. The molecule has 3 nitrogen and oxygen atoms in total. The second-order valence-corrected chi connectivity index (χ2v) is 14.7. The van der Waals surface area contributed by atoms with E-state index in [-0.39, 0.29) is 5.41 Å². The zero-order valence-corrected chi connectivity index (χ0v) is 35.8. The van der Waals surface area contributed by atoms with Crippen molar-refractivity contribution in [2.75, 3.05) is 7.11 Å². The van der Waals surface area contributed by atoms with Crippen LogP contribution in [-0.4, -0.2) is 22.4 Å². The molecule has 3 N–H and O–H groups in total. The Kier molecular flexibility index (Phi) is 24.2. The molecule has 3 heteroatoms. The molecule has 0 spiro atoms. The van der Waals surface area contributed by atoms with Gasteiger partial charge in [0.2, 0.25) is 0 Å². The summed E-state index contributed by atoms with van der Waals surface area (Å²) in [6.07, 6.45) is 28.8. The van der Waals surface area contributed by atoms with Gasteiger partial charge in [0.1, 0.15) is 11.5 Å². The average molecular weight is 729 g/mol. The second-order valence-electron chi connectivity index (χ2n) is 14.7. The normalized spacial score (nSPS) is 17.6. The summed E-state index contributed by atoms with van der Waals surface area (Å²) in [6.45, 7) is 24.5. The van der Waals surface area contributed by atoms with Gasteiger partial charge in [0.05, 0.1) is 0 Å². The summed E-state index contributed by atoms with van der Waals surface area (Å²) >= 11 is 0. The Balaban J connectivity index is 0.00000144. The molecular weight excluding hydrogens is 649 g/mol. The molecule has 2 aromatic carbocycles. The predicted molar refractivity (Wildman–Crippen MR) is 234 cm³/mol. The van der Waals surface area contributed by atoms with Gasteiger partial charge in [-0.15, -0.1) is 0 Å². The fourth-order valence-electron chi connectivity index (χ4n) is 8.63. The minimum absolute atomic E-state index is 0.134. The van der Waals surface area contributed by atoms with E-state index in [1.165, 1.54) is 75.3 Å². The summed E-state index contributed by atoms with van der Waals surface area (Å²) in [4.78, 5) is 0. The van der Waals surface area contributed by atoms with Crippen LogP contribution in [0.3, 0.4) is 0 Å². The van der Waals surface area contributed by atoms with E-state index < -0.39 is 0 Å². The number of rotatable bonds is 10. The van der Waals surface area contributed by atoms with E-state index >= 15 is 0 Å². The van der Waals surface area contributed by atoms with Crippen molar-refractivity contribution in [3.05, 3.63) is 106 Å². The van der Waals surface area contributed by atoms with Crippen LogP contribution in [0.4, 0.5) is 0 Å². The molecule has 53 heavy (non-hydrogen) atoms. The lowest BCUT2D eigenvalue weighted by molar-refractivity contribution is 0.341. The maximum atomic E-state index is 11.8. The predicted octanol–water partition coefficient (Wildman–Crippen LogP) is 14.9. The van der Waals surface area contributed by atoms with Gasteiger partial charge in [0.15, 0.2) is 0 Å². The van der Waals surface area contributed by atoms with Crippen LogP contribution in [0.15, 0.2) is 72.9 Å². The molecule has 0 aliphatic heterocycles. The lowest BCUT2D eigenvalue weighted by atomic mass is 9.63. The molecule has 3 aliphatic rings. The van der Waals surface area contributed by atoms with Gasteiger partial charge in [-0.2, -0.15) is 0 Å². The number of aliphatic hydroxyl groups is 1. The number of aliphatic hydroxyl groups excluding tert-OH is 1. The number of allylic oxidation sites excluding steroid dienone is 6.